The highest BCUT2D eigenvalue weighted by atomic mass is 19.3. The zero-order valence-corrected chi connectivity index (χ0v) is 20.4. The SMILES string of the molecule is CN1CCC(c2ccc3c(c2)C(=O)N(Cc2ccc(-c4nnc(C(F)F)o4)cn2)C(=O)C3(C)C)CC1. The Labute approximate surface area is 207 Å². The second kappa shape index (κ2) is 9.16. The van der Waals surface area contributed by atoms with E-state index < -0.39 is 17.7 Å². The normalized spacial score (nSPS) is 18.7. The molecule has 0 N–H and O–H groups in total. The van der Waals surface area contributed by atoms with E-state index in [9.17, 15) is 18.4 Å². The van der Waals surface area contributed by atoms with Gasteiger partial charge in [-0.1, -0.05) is 12.1 Å². The van der Waals surface area contributed by atoms with Crippen LogP contribution in [0.4, 0.5) is 8.78 Å². The number of halogens is 2. The van der Waals surface area contributed by atoms with E-state index >= 15 is 0 Å². The number of hydrogen-bond donors (Lipinski definition) is 0. The monoisotopic (exact) mass is 495 g/mol. The van der Waals surface area contributed by atoms with Gasteiger partial charge < -0.3 is 9.32 Å². The van der Waals surface area contributed by atoms with Crippen LogP contribution in [0.15, 0.2) is 40.9 Å². The van der Waals surface area contributed by atoms with E-state index in [2.05, 4.69) is 33.2 Å². The average Bonchev–Trinajstić information content (AvgIpc) is 3.37. The first-order valence-electron chi connectivity index (χ1n) is 11.9. The molecule has 4 heterocycles. The number of benzene rings is 1. The van der Waals surface area contributed by atoms with Crippen molar-refractivity contribution in [3.8, 4) is 11.5 Å². The van der Waals surface area contributed by atoms with Crippen molar-refractivity contribution in [2.24, 2.45) is 0 Å². The Hall–Kier alpha value is -3.53. The van der Waals surface area contributed by atoms with Gasteiger partial charge in [-0.05, 0) is 82.1 Å². The number of carbonyl (C=O) groups excluding carboxylic acids is 2. The zero-order valence-electron chi connectivity index (χ0n) is 20.4. The summed E-state index contributed by atoms with van der Waals surface area (Å²) in [5.74, 6) is -1.09. The minimum Gasteiger partial charge on any atom is -0.415 e. The Morgan fingerprint density at radius 3 is 2.50 bits per heavy atom. The lowest BCUT2D eigenvalue weighted by molar-refractivity contribution is -0.134. The van der Waals surface area contributed by atoms with Crippen molar-refractivity contribution in [2.45, 2.75) is 51.0 Å². The highest BCUT2D eigenvalue weighted by Crippen LogP contribution is 2.38. The molecular formula is C26H27F2N5O3. The number of rotatable bonds is 5. The van der Waals surface area contributed by atoms with Crippen LogP contribution in [-0.2, 0) is 16.8 Å². The second-order valence-corrected chi connectivity index (χ2v) is 9.99. The minimum absolute atomic E-state index is 0.00855. The molecule has 1 aromatic carbocycles. The third-order valence-electron chi connectivity index (χ3n) is 7.18. The van der Waals surface area contributed by atoms with Crippen LogP contribution in [0.3, 0.4) is 0 Å². The smallest absolute Gasteiger partial charge is 0.314 e. The van der Waals surface area contributed by atoms with Crippen molar-refractivity contribution in [1.82, 2.24) is 25.0 Å². The molecule has 3 aromatic rings. The molecular weight excluding hydrogens is 468 g/mol. The number of imide groups is 1. The second-order valence-electron chi connectivity index (χ2n) is 9.99. The molecule has 188 valence electrons. The third-order valence-corrected chi connectivity index (χ3v) is 7.18. The van der Waals surface area contributed by atoms with Crippen LogP contribution in [-0.4, -0.2) is 56.9 Å². The molecule has 0 spiro atoms. The predicted molar refractivity (Wildman–Crippen MR) is 126 cm³/mol. The van der Waals surface area contributed by atoms with Gasteiger partial charge in [0.1, 0.15) is 0 Å². The number of piperidine rings is 1. The number of pyridine rings is 1. The molecule has 5 rings (SSSR count). The largest absolute Gasteiger partial charge is 0.415 e. The van der Waals surface area contributed by atoms with E-state index in [4.69, 9.17) is 4.42 Å². The standard InChI is InChI=1S/C26H27F2N5O3/c1-26(2)20-7-5-16(15-8-10-32(3)11-9-15)12-19(20)24(34)33(25(26)35)14-18-6-4-17(13-29-18)22-30-31-23(36-22)21(27)28/h4-7,12-13,15,21H,8-11,14H2,1-3H3. The lowest BCUT2D eigenvalue weighted by atomic mass is 9.75. The number of amides is 2. The molecule has 0 radical (unpaired) electrons. The molecule has 1 saturated heterocycles. The number of fused-ring (bicyclic) bond motifs is 1. The average molecular weight is 496 g/mol. The lowest BCUT2D eigenvalue weighted by Crippen LogP contribution is -2.51. The first kappa shape index (κ1) is 24.2. The molecule has 2 aliphatic rings. The maximum Gasteiger partial charge on any atom is 0.314 e. The molecule has 2 aliphatic heterocycles. The first-order valence-corrected chi connectivity index (χ1v) is 11.9. The molecule has 0 unspecified atom stereocenters. The maximum atomic E-state index is 13.5. The van der Waals surface area contributed by atoms with Crippen molar-refractivity contribution >= 4 is 11.8 Å². The number of carbonyl (C=O) groups is 2. The van der Waals surface area contributed by atoms with Gasteiger partial charge in [0.15, 0.2) is 0 Å². The molecule has 8 nitrogen and oxygen atoms in total. The fraction of sp³-hybridized carbons (Fsp3) is 0.423. The van der Waals surface area contributed by atoms with Gasteiger partial charge in [0.05, 0.1) is 23.2 Å². The summed E-state index contributed by atoms with van der Waals surface area (Å²) in [5, 5.41) is 6.93. The van der Waals surface area contributed by atoms with Gasteiger partial charge in [0, 0.05) is 11.8 Å². The van der Waals surface area contributed by atoms with Crippen LogP contribution in [0.1, 0.15) is 72.1 Å². The van der Waals surface area contributed by atoms with Gasteiger partial charge in [-0.15, -0.1) is 10.2 Å². The Bertz CT molecular complexity index is 1300. The molecule has 0 aliphatic carbocycles. The Morgan fingerprint density at radius 1 is 1.11 bits per heavy atom. The summed E-state index contributed by atoms with van der Waals surface area (Å²) >= 11 is 0. The molecule has 0 saturated carbocycles. The van der Waals surface area contributed by atoms with E-state index in [-0.39, 0.29) is 24.2 Å². The number of alkyl halides is 2. The van der Waals surface area contributed by atoms with Crippen LogP contribution in [0.2, 0.25) is 0 Å². The van der Waals surface area contributed by atoms with E-state index in [1.165, 1.54) is 11.1 Å². The third kappa shape index (κ3) is 4.30. The summed E-state index contributed by atoms with van der Waals surface area (Å²) in [6.45, 7) is 5.68. The number of hydrogen-bond acceptors (Lipinski definition) is 7. The summed E-state index contributed by atoms with van der Waals surface area (Å²) in [4.78, 5) is 34.7. The summed E-state index contributed by atoms with van der Waals surface area (Å²) in [7, 11) is 2.11. The van der Waals surface area contributed by atoms with Crippen molar-refractivity contribution in [3.05, 3.63) is 64.8 Å². The van der Waals surface area contributed by atoms with Gasteiger partial charge in [-0.25, -0.2) is 0 Å². The topological polar surface area (TPSA) is 92.4 Å². The minimum atomic E-state index is -2.86. The van der Waals surface area contributed by atoms with Crippen LogP contribution in [0, 0.1) is 0 Å². The van der Waals surface area contributed by atoms with Crippen LogP contribution in [0.25, 0.3) is 11.5 Å². The highest BCUT2D eigenvalue weighted by Gasteiger charge is 2.44. The van der Waals surface area contributed by atoms with E-state index in [0.717, 1.165) is 37.1 Å². The molecule has 2 amide bonds. The summed E-state index contributed by atoms with van der Waals surface area (Å²) in [6, 6.07) is 9.15. The predicted octanol–water partition coefficient (Wildman–Crippen LogP) is 4.34. The van der Waals surface area contributed by atoms with E-state index in [1.807, 2.05) is 26.0 Å². The quantitative estimate of drug-likeness (QED) is 0.486. The van der Waals surface area contributed by atoms with Crippen molar-refractivity contribution in [2.75, 3.05) is 20.1 Å². The molecule has 0 atom stereocenters. The summed E-state index contributed by atoms with van der Waals surface area (Å²) < 4.78 is 30.4. The number of likely N-dealkylation sites (tertiary alicyclic amines) is 1. The van der Waals surface area contributed by atoms with Gasteiger partial charge in [0.2, 0.25) is 11.8 Å². The first-order chi connectivity index (χ1) is 17.1. The van der Waals surface area contributed by atoms with Gasteiger partial charge in [0.25, 0.3) is 11.8 Å². The van der Waals surface area contributed by atoms with Gasteiger partial charge >= 0.3 is 6.43 Å². The van der Waals surface area contributed by atoms with E-state index in [1.54, 1.807) is 12.1 Å². The zero-order chi connectivity index (χ0) is 25.6. The molecule has 0 bridgehead atoms. The fourth-order valence-electron chi connectivity index (χ4n) is 4.96. The lowest BCUT2D eigenvalue weighted by Gasteiger charge is -2.38. The van der Waals surface area contributed by atoms with Crippen LogP contribution < -0.4 is 0 Å². The van der Waals surface area contributed by atoms with Crippen molar-refractivity contribution in [1.29, 1.82) is 0 Å². The fourth-order valence-corrected chi connectivity index (χ4v) is 4.96. The Balaban J connectivity index is 1.39. The maximum absolute atomic E-state index is 13.5. The van der Waals surface area contributed by atoms with Gasteiger partial charge in [-0.3, -0.25) is 19.5 Å². The van der Waals surface area contributed by atoms with Crippen molar-refractivity contribution in [3.63, 3.8) is 0 Å². The van der Waals surface area contributed by atoms with Crippen LogP contribution in [0.5, 0.6) is 0 Å². The number of nitrogens with zero attached hydrogens (tertiary/aromatic N) is 5. The van der Waals surface area contributed by atoms with E-state index in [0.29, 0.717) is 22.7 Å². The van der Waals surface area contributed by atoms with Gasteiger partial charge in [-0.2, -0.15) is 8.78 Å². The molecule has 2 aromatic heterocycles. The highest BCUT2D eigenvalue weighted by molar-refractivity contribution is 6.12. The molecule has 10 heteroatoms. The van der Waals surface area contributed by atoms with Crippen LogP contribution >= 0.6 is 0 Å². The summed E-state index contributed by atoms with van der Waals surface area (Å²) in [6.07, 6.45) is 0.601. The Morgan fingerprint density at radius 2 is 1.86 bits per heavy atom. The van der Waals surface area contributed by atoms with Crippen molar-refractivity contribution < 1.29 is 22.8 Å². The number of aromatic nitrogens is 3. The molecule has 36 heavy (non-hydrogen) atoms. The molecule has 1 fully saturated rings. The summed E-state index contributed by atoms with van der Waals surface area (Å²) in [5.41, 5.74) is 2.38. The Kier molecular flexibility index (Phi) is 6.15.